The lowest BCUT2D eigenvalue weighted by atomic mass is 9.99. The summed E-state index contributed by atoms with van der Waals surface area (Å²) in [5.74, 6) is -0.0569. The van der Waals surface area contributed by atoms with Gasteiger partial charge in [-0.05, 0) is 49.3 Å². The second-order valence-electron chi connectivity index (χ2n) is 7.29. The predicted molar refractivity (Wildman–Crippen MR) is 104 cm³/mol. The number of rotatable bonds is 4. The quantitative estimate of drug-likeness (QED) is 0.891. The topological polar surface area (TPSA) is 51.1 Å². The summed E-state index contributed by atoms with van der Waals surface area (Å²) in [4.78, 5) is 25.2. The fraction of sp³-hybridized carbons (Fsp3) is 0.429. The van der Waals surface area contributed by atoms with Gasteiger partial charge in [0.15, 0.2) is 0 Å². The first-order valence-corrected chi connectivity index (χ1v) is 9.81. The summed E-state index contributed by atoms with van der Waals surface area (Å²) in [7, 11) is 0. The van der Waals surface area contributed by atoms with Gasteiger partial charge in [0.1, 0.15) is 6.54 Å². The van der Waals surface area contributed by atoms with E-state index in [1.54, 1.807) is 10.6 Å². The molecule has 1 aromatic heterocycles. The van der Waals surface area contributed by atoms with E-state index in [0.717, 1.165) is 54.5 Å². The number of carbonyl (C=O) groups excluding carboxylic acids is 1. The highest BCUT2D eigenvalue weighted by molar-refractivity contribution is 6.33. The normalized spacial score (nSPS) is 16.7. The van der Waals surface area contributed by atoms with Crippen LogP contribution in [0.4, 0.5) is 0 Å². The third-order valence-electron chi connectivity index (χ3n) is 5.56. The molecule has 2 aliphatic carbocycles. The molecule has 0 bridgehead atoms. The van der Waals surface area contributed by atoms with Gasteiger partial charge in [0, 0.05) is 28.4 Å². The Labute approximate surface area is 158 Å². The highest BCUT2D eigenvalue weighted by Crippen LogP contribution is 2.34. The molecular formula is C21H23ClN2O2. The number of hydrogen-bond acceptors (Lipinski definition) is 2. The molecule has 0 unspecified atom stereocenters. The Balaban J connectivity index is 1.67. The van der Waals surface area contributed by atoms with Crippen molar-refractivity contribution < 1.29 is 4.79 Å². The van der Waals surface area contributed by atoms with E-state index >= 15 is 0 Å². The van der Waals surface area contributed by atoms with Gasteiger partial charge in [-0.15, -0.1) is 0 Å². The van der Waals surface area contributed by atoms with E-state index in [0.29, 0.717) is 5.02 Å². The summed E-state index contributed by atoms with van der Waals surface area (Å²) in [6, 6.07) is 9.54. The van der Waals surface area contributed by atoms with Crippen molar-refractivity contribution in [1.82, 2.24) is 9.88 Å². The van der Waals surface area contributed by atoms with Crippen molar-refractivity contribution in [1.29, 1.82) is 0 Å². The van der Waals surface area contributed by atoms with Crippen LogP contribution in [0.3, 0.4) is 0 Å². The molecule has 1 heterocycles. The molecule has 5 heteroatoms. The highest BCUT2D eigenvalue weighted by atomic mass is 35.5. The number of pyridine rings is 1. The van der Waals surface area contributed by atoms with E-state index in [-0.39, 0.29) is 24.1 Å². The Hall–Kier alpha value is -2.07. The Bertz CT molecular complexity index is 897. The number of aromatic nitrogens is 1. The molecule has 0 aliphatic heterocycles. The van der Waals surface area contributed by atoms with Gasteiger partial charge >= 0.3 is 0 Å². The number of amides is 1. The molecule has 1 aromatic carbocycles. The van der Waals surface area contributed by atoms with Crippen molar-refractivity contribution in [2.45, 2.75) is 57.5 Å². The number of carbonyl (C=O) groups is 1. The molecule has 0 spiro atoms. The van der Waals surface area contributed by atoms with Crippen LogP contribution >= 0.6 is 11.6 Å². The maximum Gasteiger partial charge on any atom is 0.251 e. The predicted octanol–water partition coefficient (Wildman–Crippen LogP) is 3.72. The molecule has 26 heavy (non-hydrogen) atoms. The first-order valence-electron chi connectivity index (χ1n) is 9.43. The minimum absolute atomic E-state index is 0.0569. The summed E-state index contributed by atoms with van der Waals surface area (Å²) < 4.78 is 1.66. The lowest BCUT2D eigenvalue weighted by molar-refractivity contribution is -0.122. The number of nitrogens with zero attached hydrogens (tertiary/aromatic N) is 1. The van der Waals surface area contributed by atoms with Crippen molar-refractivity contribution in [3.8, 4) is 11.1 Å². The number of nitrogens with one attached hydrogen (secondary N) is 1. The second kappa shape index (κ2) is 7.28. The number of fused-ring (bicyclic) bond motifs is 1. The van der Waals surface area contributed by atoms with Gasteiger partial charge in [0.05, 0.1) is 0 Å². The third kappa shape index (κ3) is 3.30. The fourth-order valence-corrected chi connectivity index (χ4v) is 4.56. The standard InChI is InChI=1S/C21H23ClN2O2/c22-18-10-4-3-8-15(18)17-12-21(26)24(19-11-5-9-16(17)19)13-20(25)23-14-6-1-2-7-14/h3-4,8,10,12,14H,1-2,5-7,9,11,13H2,(H,23,25). The average Bonchev–Trinajstić information content (AvgIpc) is 3.29. The van der Waals surface area contributed by atoms with Crippen LogP contribution in [-0.4, -0.2) is 16.5 Å². The molecule has 1 saturated carbocycles. The van der Waals surface area contributed by atoms with Crippen LogP contribution in [0.15, 0.2) is 35.1 Å². The number of halogens is 1. The molecule has 136 valence electrons. The summed E-state index contributed by atoms with van der Waals surface area (Å²) in [6.45, 7) is 0.112. The molecule has 1 fully saturated rings. The van der Waals surface area contributed by atoms with Gasteiger partial charge < -0.3 is 9.88 Å². The zero-order valence-corrected chi connectivity index (χ0v) is 15.5. The molecule has 0 saturated heterocycles. The van der Waals surface area contributed by atoms with Crippen LogP contribution in [0.25, 0.3) is 11.1 Å². The van der Waals surface area contributed by atoms with E-state index < -0.39 is 0 Å². The van der Waals surface area contributed by atoms with Gasteiger partial charge in [-0.2, -0.15) is 0 Å². The molecule has 2 aromatic rings. The third-order valence-corrected chi connectivity index (χ3v) is 5.89. The molecule has 1 amide bonds. The highest BCUT2D eigenvalue weighted by Gasteiger charge is 2.24. The van der Waals surface area contributed by atoms with Crippen LogP contribution in [0.5, 0.6) is 0 Å². The number of benzene rings is 1. The van der Waals surface area contributed by atoms with Crippen molar-refractivity contribution in [2.24, 2.45) is 0 Å². The Morgan fingerprint density at radius 1 is 1.12 bits per heavy atom. The maximum atomic E-state index is 12.8. The van der Waals surface area contributed by atoms with E-state index in [9.17, 15) is 9.59 Å². The first-order chi connectivity index (χ1) is 12.6. The lowest BCUT2D eigenvalue weighted by Crippen LogP contribution is -2.38. The van der Waals surface area contributed by atoms with Crippen molar-refractivity contribution in [3.63, 3.8) is 0 Å². The lowest BCUT2D eigenvalue weighted by Gasteiger charge is -2.17. The van der Waals surface area contributed by atoms with E-state index in [1.807, 2.05) is 24.3 Å². The van der Waals surface area contributed by atoms with E-state index in [4.69, 9.17) is 11.6 Å². The van der Waals surface area contributed by atoms with Gasteiger partial charge in [0.25, 0.3) is 5.56 Å². The largest absolute Gasteiger partial charge is 0.352 e. The minimum Gasteiger partial charge on any atom is -0.352 e. The Kier molecular flexibility index (Phi) is 4.86. The van der Waals surface area contributed by atoms with Gasteiger partial charge in [-0.3, -0.25) is 9.59 Å². The Morgan fingerprint density at radius 3 is 2.65 bits per heavy atom. The van der Waals surface area contributed by atoms with E-state index in [1.165, 1.54) is 12.8 Å². The smallest absolute Gasteiger partial charge is 0.251 e. The summed E-state index contributed by atoms with van der Waals surface area (Å²) in [5, 5.41) is 3.73. The second-order valence-corrected chi connectivity index (χ2v) is 7.70. The van der Waals surface area contributed by atoms with Gasteiger partial charge in [-0.25, -0.2) is 0 Å². The van der Waals surface area contributed by atoms with Crippen molar-refractivity contribution >= 4 is 17.5 Å². The van der Waals surface area contributed by atoms with E-state index in [2.05, 4.69) is 5.32 Å². The zero-order chi connectivity index (χ0) is 18.1. The molecule has 0 radical (unpaired) electrons. The van der Waals surface area contributed by atoms with Crippen molar-refractivity contribution in [3.05, 3.63) is 57.0 Å². The van der Waals surface area contributed by atoms with Crippen LogP contribution < -0.4 is 10.9 Å². The maximum absolute atomic E-state index is 12.8. The van der Waals surface area contributed by atoms with Gasteiger partial charge in [-0.1, -0.05) is 42.6 Å². The molecule has 1 N–H and O–H groups in total. The first kappa shape index (κ1) is 17.3. The Morgan fingerprint density at radius 2 is 1.88 bits per heavy atom. The van der Waals surface area contributed by atoms with Gasteiger partial charge in [0.2, 0.25) is 5.91 Å². The zero-order valence-electron chi connectivity index (χ0n) is 14.8. The molecule has 0 atom stereocenters. The van der Waals surface area contributed by atoms with Crippen LogP contribution in [0, 0.1) is 0 Å². The molecule has 2 aliphatic rings. The van der Waals surface area contributed by atoms with Crippen molar-refractivity contribution in [2.75, 3.05) is 0 Å². The molecule has 4 rings (SSSR count). The summed E-state index contributed by atoms with van der Waals surface area (Å²) >= 11 is 6.36. The van der Waals surface area contributed by atoms with Crippen LogP contribution in [-0.2, 0) is 24.2 Å². The fourth-order valence-electron chi connectivity index (χ4n) is 4.32. The molecule has 4 nitrogen and oxygen atoms in total. The number of hydrogen-bond donors (Lipinski definition) is 1. The SMILES string of the molecule is O=C(Cn1c2c(c(-c3ccccc3Cl)cc1=O)CCC2)NC1CCCC1. The summed E-state index contributed by atoms with van der Waals surface area (Å²) in [5.41, 5.74) is 3.84. The van der Waals surface area contributed by atoms with Crippen LogP contribution in [0.1, 0.15) is 43.4 Å². The minimum atomic E-state index is -0.123. The monoisotopic (exact) mass is 370 g/mol. The van der Waals surface area contributed by atoms with Crippen LogP contribution in [0.2, 0.25) is 5.02 Å². The summed E-state index contributed by atoms with van der Waals surface area (Å²) in [6.07, 6.45) is 7.19. The average molecular weight is 371 g/mol. The molecular weight excluding hydrogens is 348 g/mol.